The summed E-state index contributed by atoms with van der Waals surface area (Å²) in [7, 11) is -2.32. The van der Waals surface area contributed by atoms with Crippen LogP contribution in [0, 0.1) is 0 Å². The van der Waals surface area contributed by atoms with Gasteiger partial charge in [-0.05, 0) is 48.7 Å². The highest BCUT2D eigenvalue weighted by molar-refractivity contribution is 7.89. The number of amides is 1. The summed E-state index contributed by atoms with van der Waals surface area (Å²) in [6.07, 6.45) is 1.47. The van der Waals surface area contributed by atoms with Crippen LogP contribution in [-0.2, 0) is 14.8 Å². The lowest BCUT2D eigenvalue weighted by atomic mass is 10.0. The summed E-state index contributed by atoms with van der Waals surface area (Å²) in [6, 6.07) is 9.78. The number of hydrogen-bond donors (Lipinski definition) is 1. The molecule has 0 bridgehead atoms. The number of sulfonamides is 1. The van der Waals surface area contributed by atoms with Crippen LogP contribution in [0.15, 0.2) is 41.3 Å². The van der Waals surface area contributed by atoms with E-state index >= 15 is 0 Å². The number of methoxy groups -OCH3 is 1. The number of nitrogens with one attached hydrogen (secondary N) is 1. The highest BCUT2D eigenvalue weighted by Gasteiger charge is 2.37. The molecule has 0 unspecified atom stereocenters. The van der Waals surface area contributed by atoms with E-state index in [4.69, 9.17) is 14.2 Å². The van der Waals surface area contributed by atoms with Gasteiger partial charge in [-0.2, -0.15) is 4.31 Å². The van der Waals surface area contributed by atoms with Gasteiger partial charge in [0.1, 0.15) is 19.0 Å². The average molecular weight is 432 g/mol. The zero-order valence-corrected chi connectivity index (χ0v) is 17.7. The lowest BCUT2D eigenvalue weighted by molar-refractivity contribution is -0.114. The van der Waals surface area contributed by atoms with E-state index in [2.05, 4.69) is 5.32 Å². The molecule has 2 aromatic rings. The summed E-state index contributed by atoms with van der Waals surface area (Å²) in [5.41, 5.74) is 1.19. The van der Waals surface area contributed by atoms with Gasteiger partial charge in [0.2, 0.25) is 15.9 Å². The molecule has 1 atom stereocenters. The Kier molecular flexibility index (Phi) is 5.57. The van der Waals surface area contributed by atoms with E-state index in [0.717, 1.165) is 12.0 Å². The number of rotatable bonds is 5. The molecule has 4 rings (SSSR count). The van der Waals surface area contributed by atoms with Crippen molar-refractivity contribution in [1.82, 2.24) is 4.31 Å². The Bertz CT molecular complexity index is 1070. The Balaban J connectivity index is 1.67. The number of carbonyl (C=O) groups excluding carboxylic acids is 1. The fourth-order valence-electron chi connectivity index (χ4n) is 3.90. The first-order chi connectivity index (χ1) is 14.4. The van der Waals surface area contributed by atoms with Gasteiger partial charge in [0.15, 0.2) is 11.5 Å². The van der Waals surface area contributed by atoms with Gasteiger partial charge >= 0.3 is 0 Å². The highest BCUT2D eigenvalue weighted by atomic mass is 32.2. The Morgan fingerprint density at radius 2 is 1.90 bits per heavy atom. The average Bonchev–Trinajstić information content (AvgIpc) is 3.24. The van der Waals surface area contributed by atoms with Crippen molar-refractivity contribution in [2.75, 3.05) is 32.2 Å². The summed E-state index contributed by atoms with van der Waals surface area (Å²) >= 11 is 0. The monoisotopic (exact) mass is 432 g/mol. The molecule has 2 aromatic carbocycles. The predicted octanol–water partition coefficient (Wildman–Crippen LogP) is 2.95. The van der Waals surface area contributed by atoms with Gasteiger partial charge in [-0.15, -0.1) is 0 Å². The van der Waals surface area contributed by atoms with Gasteiger partial charge in [0, 0.05) is 13.5 Å². The number of hydrogen-bond acceptors (Lipinski definition) is 6. The minimum absolute atomic E-state index is 0.108. The molecule has 30 heavy (non-hydrogen) atoms. The SMILES string of the molecule is COc1ccc(S(=O)(=O)N2CCC[C@H]2c2ccc3c(c2)OCCO3)cc1NC(C)=O. The third kappa shape index (κ3) is 3.82. The zero-order chi connectivity index (χ0) is 21.3. The molecule has 0 spiro atoms. The first-order valence-electron chi connectivity index (χ1n) is 9.77. The third-order valence-corrected chi connectivity index (χ3v) is 7.15. The third-order valence-electron chi connectivity index (χ3n) is 5.24. The number of ether oxygens (including phenoxy) is 3. The maximum Gasteiger partial charge on any atom is 0.243 e. The van der Waals surface area contributed by atoms with Crippen LogP contribution in [-0.4, -0.2) is 45.5 Å². The Labute approximate surface area is 175 Å². The Morgan fingerprint density at radius 1 is 1.13 bits per heavy atom. The molecule has 8 nitrogen and oxygen atoms in total. The molecule has 0 aliphatic carbocycles. The highest BCUT2D eigenvalue weighted by Crippen LogP contribution is 2.41. The number of anilines is 1. The normalized spacial score (nSPS) is 18.8. The molecule has 1 N–H and O–H groups in total. The second kappa shape index (κ2) is 8.16. The number of benzene rings is 2. The fourth-order valence-corrected chi connectivity index (χ4v) is 5.61. The molecule has 2 aliphatic heterocycles. The molecule has 0 aromatic heterocycles. The van der Waals surface area contributed by atoms with Crippen molar-refractivity contribution < 1.29 is 27.4 Å². The quantitative estimate of drug-likeness (QED) is 0.781. The first kappa shape index (κ1) is 20.5. The summed E-state index contributed by atoms with van der Waals surface area (Å²) in [6.45, 7) is 2.76. The molecule has 1 fully saturated rings. The van der Waals surface area contributed by atoms with Gasteiger partial charge in [0.05, 0.1) is 23.7 Å². The van der Waals surface area contributed by atoms with Crippen LogP contribution < -0.4 is 19.5 Å². The van der Waals surface area contributed by atoms with Gasteiger partial charge in [-0.25, -0.2) is 8.42 Å². The minimum Gasteiger partial charge on any atom is -0.495 e. The largest absolute Gasteiger partial charge is 0.495 e. The maximum absolute atomic E-state index is 13.5. The van der Waals surface area contributed by atoms with Crippen LogP contribution in [0.4, 0.5) is 5.69 Å². The molecule has 1 amide bonds. The van der Waals surface area contributed by atoms with Crippen molar-refractivity contribution in [2.45, 2.75) is 30.7 Å². The van der Waals surface area contributed by atoms with Crippen molar-refractivity contribution >= 4 is 21.6 Å². The van der Waals surface area contributed by atoms with Crippen molar-refractivity contribution in [3.63, 3.8) is 0 Å². The molecule has 0 radical (unpaired) electrons. The van der Waals surface area contributed by atoms with Crippen molar-refractivity contribution in [3.8, 4) is 17.2 Å². The molecule has 2 heterocycles. The number of fused-ring (bicyclic) bond motifs is 1. The molecule has 160 valence electrons. The lowest BCUT2D eigenvalue weighted by Gasteiger charge is -2.26. The maximum atomic E-state index is 13.5. The predicted molar refractivity (Wildman–Crippen MR) is 111 cm³/mol. The van der Waals surface area contributed by atoms with Crippen molar-refractivity contribution in [3.05, 3.63) is 42.0 Å². The standard InChI is InChI=1S/C21H24N2O6S/c1-14(24)22-17-13-16(6-8-19(17)27-2)30(25,26)23-9-3-4-18(23)15-5-7-20-21(12-15)29-11-10-28-20/h5-8,12-13,18H,3-4,9-11H2,1-2H3,(H,22,24)/t18-/m0/s1. The van der Waals surface area contributed by atoms with Gasteiger partial charge < -0.3 is 19.5 Å². The summed E-state index contributed by atoms with van der Waals surface area (Å²) in [5.74, 6) is 1.40. The van der Waals surface area contributed by atoms with E-state index in [1.54, 1.807) is 6.07 Å². The van der Waals surface area contributed by atoms with Crippen molar-refractivity contribution in [1.29, 1.82) is 0 Å². The van der Waals surface area contributed by atoms with E-state index < -0.39 is 10.0 Å². The summed E-state index contributed by atoms with van der Waals surface area (Å²) < 4.78 is 44.9. The molecule has 9 heteroatoms. The number of nitrogens with zero attached hydrogens (tertiary/aromatic N) is 1. The Morgan fingerprint density at radius 3 is 2.63 bits per heavy atom. The van der Waals surface area contributed by atoms with Crippen LogP contribution in [0.3, 0.4) is 0 Å². The Hall–Kier alpha value is -2.78. The topological polar surface area (TPSA) is 94.2 Å². The van der Waals surface area contributed by atoms with E-state index in [1.165, 1.54) is 30.5 Å². The second-order valence-electron chi connectivity index (χ2n) is 7.22. The van der Waals surface area contributed by atoms with Gasteiger partial charge in [0.25, 0.3) is 0 Å². The summed E-state index contributed by atoms with van der Waals surface area (Å²) in [4.78, 5) is 11.6. The minimum atomic E-state index is -3.79. The van der Waals surface area contributed by atoms with Crippen LogP contribution >= 0.6 is 0 Å². The smallest absolute Gasteiger partial charge is 0.243 e. The summed E-state index contributed by atoms with van der Waals surface area (Å²) in [5, 5.41) is 2.63. The van der Waals surface area contributed by atoms with Crippen LogP contribution in [0.2, 0.25) is 0 Å². The van der Waals surface area contributed by atoms with Crippen molar-refractivity contribution in [2.24, 2.45) is 0 Å². The van der Waals surface area contributed by atoms with Crippen LogP contribution in [0.5, 0.6) is 17.2 Å². The molecule has 2 aliphatic rings. The van der Waals surface area contributed by atoms with Gasteiger partial charge in [-0.3, -0.25) is 4.79 Å². The molecule has 1 saturated heterocycles. The second-order valence-corrected chi connectivity index (χ2v) is 9.11. The number of carbonyl (C=O) groups is 1. The van der Waals surface area contributed by atoms with Crippen LogP contribution in [0.1, 0.15) is 31.4 Å². The van der Waals surface area contributed by atoms with Crippen LogP contribution in [0.25, 0.3) is 0 Å². The van der Waals surface area contributed by atoms with Gasteiger partial charge in [-0.1, -0.05) is 6.07 Å². The van der Waals surface area contributed by atoms with E-state index in [0.29, 0.717) is 49.1 Å². The first-order valence-corrected chi connectivity index (χ1v) is 11.2. The van der Waals surface area contributed by atoms with E-state index in [9.17, 15) is 13.2 Å². The fraction of sp³-hybridized carbons (Fsp3) is 0.381. The lowest BCUT2D eigenvalue weighted by Crippen LogP contribution is -2.31. The molecule has 0 saturated carbocycles. The van der Waals surface area contributed by atoms with E-state index in [-0.39, 0.29) is 16.8 Å². The molecular formula is C21H24N2O6S. The van der Waals surface area contributed by atoms with E-state index in [1.807, 2.05) is 18.2 Å². The zero-order valence-electron chi connectivity index (χ0n) is 16.9. The molecular weight excluding hydrogens is 408 g/mol.